The van der Waals surface area contributed by atoms with E-state index < -0.39 is 23.3 Å². The van der Waals surface area contributed by atoms with Gasteiger partial charge < -0.3 is 34.5 Å². The van der Waals surface area contributed by atoms with Crippen molar-refractivity contribution in [2.75, 3.05) is 28.6 Å². The second-order valence-electron chi connectivity index (χ2n) is 11.7. The Bertz CT molecular complexity index is 1420. The van der Waals surface area contributed by atoms with E-state index in [2.05, 4.69) is 49.4 Å². The zero-order chi connectivity index (χ0) is 28.9. The molecule has 5 heterocycles. The van der Waals surface area contributed by atoms with E-state index in [1.807, 2.05) is 26.8 Å². The van der Waals surface area contributed by atoms with Crippen LogP contribution >= 0.6 is 0 Å². The van der Waals surface area contributed by atoms with Crippen LogP contribution < -0.4 is 15.5 Å². The Morgan fingerprint density at radius 2 is 1.98 bits per heavy atom. The van der Waals surface area contributed by atoms with Crippen LogP contribution in [0, 0.1) is 0 Å². The first-order chi connectivity index (χ1) is 19.5. The van der Waals surface area contributed by atoms with E-state index in [4.69, 9.17) is 9.47 Å². The molecule has 41 heavy (non-hydrogen) atoms. The fourth-order valence-electron chi connectivity index (χ4n) is 4.64. The molecule has 0 bridgehead atoms. The molecular weight excluding hydrogens is 546 g/mol. The lowest BCUT2D eigenvalue weighted by Crippen LogP contribution is -2.58. The molecule has 0 aromatic carbocycles. The number of nitrogens with zero attached hydrogens (tertiary/aromatic N) is 7. The molecule has 2 fully saturated rings. The SMILES string of the molecule is CC(C)N1c2cc(Nc3ccnc(-c4cnn([S+]([O-])C5CC5)c4)n3)ncc2NC1OC1CN(C(=O)OC(C)(C)C)C1. The predicted molar refractivity (Wildman–Crippen MR) is 155 cm³/mol. The molecule has 1 saturated carbocycles. The summed E-state index contributed by atoms with van der Waals surface area (Å²) in [5.74, 6) is 1.67. The maximum atomic E-state index is 12.4. The molecule has 3 aromatic rings. The molecule has 6 rings (SSSR count). The number of carbonyl (C=O) groups excluding carboxylic acids is 1. The van der Waals surface area contributed by atoms with E-state index in [1.54, 1.807) is 35.8 Å². The predicted octanol–water partition coefficient (Wildman–Crippen LogP) is 3.71. The summed E-state index contributed by atoms with van der Waals surface area (Å²) in [6.45, 7) is 10.7. The Kier molecular flexibility index (Phi) is 7.16. The van der Waals surface area contributed by atoms with Crippen LogP contribution in [0.2, 0.25) is 0 Å². The Hall–Kier alpha value is -3.62. The first-order valence-electron chi connectivity index (χ1n) is 13.8. The zero-order valence-corrected chi connectivity index (χ0v) is 24.6. The largest absolute Gasteiger partial charge is 0.591 e. The number of ether oxygens (including phenoxy) is 2. The fraction of sp³-hybridized carbons (Fsp3) is 0.519. The van der Waals surface area contributed by atoms with Gasteiger partial charge in [-0.2, -0.15) is 0 Å². The number of rotatable bonds is 8. The van der Waals surface area contributed by atoms with E-state index >= 15 is 0 Å². The highest BCUT2D eigenvalue weighted by Crippen LogP contribution is 2.39. The molecule has 3 aromatic heterocycles. The highest BCUT2D eigenvalue weighted by molar-refractivity contribution is 7.90. The lowest BCUT2D eigenvalue weighted by atomic mass is 10.2. The van der Waals surface area contributed by atoms with Crippen molar-refractivity contribution in [2.45, 2.75) is 76.8 Å². The summed E-state index contributed by atoms with van der Waals surface area (Å²) in [5, 5.41) is 11.1. The highest BCUT2D eigenvalue weighted by Gasteiger charge is 2.40. The number of carbonyl (C=O) groups is 1. The first kappa shape index (κ1) is 27.5. The Balaban J connectivity index is 1.11. The van der Waals surface area contributed by atoms with Crippen LogP contribution in [0.25, 0.3) is 11.4 Å². The van der Waals surface area contributed by atoms with E-state index in [0.29, 0.717) is 36.1 Å². The van der Waals surface area contributed by atoms with Crippen molar-refractivity contribution < 1.29 is 18.8 Å². The van der Waals surface area contributed by atoms with Crippen molar-refractivity contribution in [2.24, 2.45) is 0 Å². The Labute approximate surface area is 242 Å². The fourth-order valence-corrected chi connectivity index (χ4v) is 5.84. The van der Waals surface area contributed by atoms with E-state index in [1.165, 1.54) is 4.09 Å². The van der Waals surface area contributed by atoms with Gasteiger partial charge in [0.1, 0.15) is 22.5 Å². The van der Waals surface area contributed by atoms with Gasteiger partial charge in [-0.25, -0.2) is 19.7 Å². The summed E-state index contributed by atoms with van der Waals surface area (Å²) in [6.07, 6.45) is 7.90. The lowest BCUT2D eigenvalue weighted by molar-refractivity contribution is -0.0855. The monoisotopic (exact) mass is 581 g/mol. The number of fused-ring (bicyclic) bond motifs is 1. The molecule has 2 atom stereocenters. The second-order valence-corrected chi connectivity index (χ2v) is 13.3. The van der Waals surface area contributed by atoms with Crippen LogP contribution in [0.1, 0.15) is 47.5 Å². The van der Waals surface area contributed by atoms with Gasteiger partial charge in [-0.3, -0.25) is 0 Å². The van der Waals surface area contributed by atoms with Gasteiger partial charge in [-0.05, 0) is 40.7 Å². The number of pyridine rings is 1. The average molecular weight is 582 g/mol. The number of hydrogen-bond donors (Lipinski definition) is 2. The minimum Gasteiger partial charge on any atom is -0.591 e. The quantitative estimate of drug-likeness (QED) is 0.375. The van der Waals surface area contributed by atoms with E-state index in [0.717, 1.165) is 24.2 Å². The molecule has 1 saturated heterocycles. The van der Waals surface area contributed by atoms with Crippen molar-refractivity contribution in [1.82, 2.24) is 29.0 Å². The van der Waals surface area contributed by atoms with Gasteiger partial charge >= 0.3 is 6.09 Å². The van der Waals surface area contributed by atoms with Gasteiger partial charge in [-0.1, -0.05) is 4.09 Å². The Morgan fingerprint density at radius 3 is 2.68 bits per heavy atom. The summed E-state index contributed by atoms with van der Waals surface area (Å²) < 4.78 is 25.7. The molecule has 1 amide bonds. The molecule has 14 heteroatoms. The third-order valence-electron chi connectivity index (χ3n) is 6.79. The van der Waals surface area contributed by atoms with Gasteiger partial charge in [-0.15, -0.1) is 5.10 Å². The minimum absolute atomic E-state index is 0.105. The summed E-state index contributed by atoms with van der Waals surface area (Å²) in [7, 11) is 0. The zero-order valence-electron chi connectivity index (χ0n) is 23.8. The number of nitrogens with one attached hydrogen (secondary N) is 2. The van der Waals surface area contributed by atoms with Crippen molar-refractivity contribution in [3.05, 3.63) is 36.9 Å². The van der Waals surface area contributed by atoms with Gasteiger partial charge in [0.2, 0.25) is 6.35 Å². The number of anilines is 4. The number of aromatic nitrogens is 5. The third kappa shape index (κ3) is 6.04. The Morgan fingerprint density at radius 1 is 1.20 bits per heavy atom. The molecule has 2 aliphatic heterocycles. The van der Waals surface area contributed by atoms with Gasteiger partial charge in [0.15, 0.2) is 5.82 Å². The minimum atomic E-state index is -1.15. The van der Waals surface area contributed by atoms with Crippen molar-refractivity contribution >= 4 is 40.5 Å². The van der Waals surface area contributed by atoms with Crippen molar-refractivity contribution in [3.63, 3.8) is 0 Å². The number of amides is 1. The third-order valence-corrected chi connectivity index (χ3v) is 8.40. The molecule has 2 N–H and O–H groups in total. The van der Waals surface area contributed by atoms with Gasteiger partial charge in [0, 0.05) is 31.1 Å². The number of hydrogen-bond acceptors (Lipinski definition) is 11. The first-order valence-corrected chi connectivity index (χ1v) is 15.0. The van der Waals surface area contributed by atoms with Crippen molar-refractivity contribution in [3.8, 4) is 11.4 Å². The average Bonchev–Trinajstić information content (AvgIpc) is 3.49. The molecule has 3 aliphatic rings. The maximum absolute atomic E-state index is 12.4. The van der Waals surface area contributed by atoms with Crippen LogP contribution in [-0.4, -0.2) is 82.1 Å². The summed E-state index contributed by atoms with van der Waals surface area (Å²) in [5.41, 5.74) is 1.97. The smallest absolute Gasteiger partial charge is 0.410 e. The van der Waals surface area contributed by atoms with Crippen LogP contribution in [0.15, 0.2) is 36.9 Å². The van der Waals surface area contributed by atoms with E-state index in [-0.39, 0.29) is 23.5 Å². The van der Waals surface area contributed by atoms with Crippen LogP contribution in [0.3, 0.4) is 0 Å². The molecule has 13 nitrogen and oxygen atoms in total. The molecule has 0 spiro atoms. The van der Waals surface area contributed by atoms with Crippen LogP contribution in [0.5, 0.6) is 0 Å². The highest BCUT2D eigenvalue weighted by atomic mass is 32.2. The lowest BCUT2D eigenvalue weighted by Gasteiger charge is -2.42. The molecule has 1 aliphatic carbocycles. The standard InChI is InChI=1S/C27H35N9O4S/c1-16(2)36-21-10-23(29-12-20(21)31-25(36)39-18-14-34(15-18)26(37)40-27(3,4)5)32-22-8-9-28-24(33-22)17-11-30-35(13-17)41(38)19-6-7-19/h8-13,16,18-19,25,31H,6-7,14-15H2,1-5H3,(H,28,29,32,33). The second kappa shape index (κ2) is 10.7. The normalized spacial score (nSPS) is 19.5. The van der Waals surface area contributed by atoms with Crippen LogP contribution in [0.4, 0.5) is 27.8 Å². The summed E-state index contributed by atoms with van der Waals surface area (Å²) in [4.78, 5) is 29.7. The maximum Gasteiger partial charge on any atom is 0.410 e. The molecule has 0 radical (unpaired) electrons. The molecule has 218 valence electrons. The molecular formula is C27H35N9O4S. The molecule has 2 unspecified atom stereocenters. The van der Waals surface area contributed by atoms with E-state index in [9.17, 15) is 9.35 Å². The summed E-state index contributed by atoms with van der Waals surface area (Å²) >= 11 is -1.15. The number of likely N-dealkylation sites (tertiary alicyclic amines) is 1. The van der Waals surface area contributed by atoms with Gasteiger partial charge in [0.05, 0.1) is 66.1 Å². The summed E-state index contributed by atoms with van der Waals surface area (Å²) in [6, 6.07) is 3.86. The van der Waals surface area contributed by atoms with Gasteiger partial charge in [0.25, 0.3) is 0 Å². The van der Waals surface area contributed by atoms with Crippen molar-refractivity contribution in [1.29, 1.82) is 0 Å². The topological polar surface area (TPSA) is 146 Å². The van der Waals surface area contributed by atoms with Crippen LogP contribution in [-0.2, 0) is 20.8 Å².